The van der Waals surface area contributed by atoms with Gasteiger partial charge in [-0.15, -0.1) is 0 Å². The first-order chi connectivity index (χ1) is 12.4. The monoisotopic (exact) mass is 467 g/mol. The maximum Gasteiger partial charge on any atom is 0.132 e. The van der Waals surface area contributed by atoms with E-state index in [9.17, 15) is 5.11 Å². The summed E-state index contributed by atoms with van der Waals surface area (Å²) in [6.45, 7) is 9.87. The second-order valence-corrected chi connectivity index (χ2v) is 8.17. The number of hydrogen-bond donors (Lipinski definition) is 2. The molecule has 0 aliphatic carbocycles. The van der Waals surface area contributed by atoms with Crippen molar-refractivity contribution >= 4 is 22.6 Å². The molecule has 2 aromatic carbocycles. The topological polar surface area (TPSA) is 41.5 Å². The summed E-state index contributed by atoms with van der Waals surface area (Å²) in [7, 11) is 0. The highest BCUT2D eigenvalue weighted by atomic mass is 127. The summed E-state index contributed by atoms with van der Waals surface area (Å²) >= 11 is 2.21. The van der Waals surface area contributed by atoms with Crippen LogP contribution >= 0.6 is 22.6 Å². The number of para-hydroxylation sites is 1. The predicted molar refractivity (Wildman–Crippen MR) is 117 cm³/mol. The Morgan fingerprint density at radius 3 is 2.54 bits per heavy atom. The highest BCUT2D eigenvalue weighted by Crippen LogP contribution is 2.27. The number of rotatable bonds is 9. The largest absolute Gasteiger partial charge is 0.507 e. The van der Waals surface area contributed by atoms with E-state index < -0.39 is 0 Å². The number of ether oxygens (including phenoxy) is 1. The lowest BCUT2D eigenvalue weighted by Crippen LogP contribution is -2.31. The molecule has 0 aliphatic heterocycles. The molecule has 4 heteroatoms. The van der Waals surface area contributed by atoms with Crippen molar-refractivity contribution in [1.29, 1.82) is 0 Å². The minimum Gasteiger partial charge on any atom is -0.507 e. The molecular formula is C22H30INO2. The van der Waals surface area contributed by atoms with Crippen molar-refractivity contribution in [2.24, 2.45) is 0 Å². The van der Waals surface area contributed by atoms with E-state index in [2.05, 4.69) is 85.9 Å². The molecule has 2 aromatic rings. The third-order valence-electron chi connectivity index (χ3n) is 4.54. The Labute approximate surface area is 171 Å². The molecule has 1 unspecified atom stereocenters. The average Bonchev–Trinajstić information content (AvgIpc) is 2.61. The van der Waals surface area contributed by atoms with E-state index in [0.717, 1.165) is 40.7 Å². The summed E-state index contributed by atoms with van der Waals surface area (Å²) in [6.07, 6.45) is 3.16. The number of nitrogens with one attached hydrogen (secondary N) is 1. The lowest BCUT2D eigenvalue weighted by molar-refractivity contribution is 0.269. The average molecular weight is 467 g/mol. The van der Waals surface area contributed by atoms with Crippen LogP contribution in [0.5, 0.6) is 11.5 Å². The maximum absolute atomic E-state index is 10.2. The van der Waals surface area contributed by atoms with Crippen molar-refractivity contribution in [2.75, 3.05) is 6.61 Å². The fourth-order valence-corrected chi connectivity index (χ4v) is 3.71. The van der Waals surface area contributed by atoms with Gasteiger partial charge >= 0.3 is 0 Å². The number of halogens is 1. The molecule has 0 saturated carbocycles. The van der Waals surface area contributed by atoms with Crippen LogP contribution < -0.4 is 10.1 Å². The van der Waals surface area contributed by atoms with Crippen molar-refractivity contribution in [3.63, 3.8) is 0 Å². The van der Waals surface area contributed by atoms with Gasteiger partial charge in [0, 0.05) is 12.6 Å². The van der Waals surface area contributed by atoms with E-state index in [1.54, 1.807) is 0 Å². The molecule has 0 fully saturated rings. The van der Waals surface area contributed by atoms with Gasteiger partial charge in [-0.25, -0.2) is 0 Å². The summed E-state index contributed by atoms with van der Waals surface area (Å²) < 4.78 is 6.96. The fraction of sp³-hybridized carbons (Fsp3) is 0.455. The van der Waals surface area contributed by atoms with Crippen LogP contribution in [0.2, 0.25) is 0 Å². The summed E-state index contributed by atoms with van der Waals surface area (Å²) in [5, 5.41) is 13.8. The van der Waals surface area contributed by atoms with Gasteiger partial charge in [0.25, 0.3) is 0 Å². The standard InChI is InChI=1S/C22H30INO2/c1-5-6-10-19-11-18(12-20(23)21(19)25)13-24-17(4)14-26-22-15(2)8-7-9-16(22)3/h7-9,11-12,17,24-25H,5-6,10,13-14H2,1-4H3. The number of aryl methyl sites for hydroxylation is 3. The van der Waals surface area contributed by atoms with Gasteiger partial charge in [0.1, 0.15) is 18.1 Å². The number of hydrogen-bond acceptors (Lipinski definition) is 3. The number of phenolic OH excluding ortho intramolecular Hbond substituents is 1. The number of unbranched alkanes of at least 4 members (excludes halogenated alkanes) is 1. The van der Waals surface area contributed by atoms with E-state index >= 15 is 0 Å². The highest BCUT2D eigenvalue weighted by Gasteiger charge is 2.10. The lowest BCUT2D eigenvalue weighted by Gasteiger charge is -2.18. The summed E-state index contributed by atoms with van der Waals surface area (Å²) in [4.78, 5) is 0. The Morgan fingerprint density at radius 2 is 1.88 bits per heavy atom. The zero-order valence-corrected chi connectivity index (χ0v) is 18.4. The molecule has 142 valence electrons. The van der Waals surface area contributed by atoms with Crippen LogP contribution in [0.1, 0.15) is 48.9 Å². The Bertz CT molecular complexity index is 710. The van der Waals surface area contributed by atoms with E-state index in [-0.39, 0.29) is 6.04 Å². The molecular weight excluding hydrogens is 437 g/mol. The molecule has 3 nitrogen and oxygen atoms in total. The molecule has 0 heterocycles. The van der Waals surface area contributed by atoms with Gasteiger partial charge in [-0.2, -0.15) is 0 Å². The zero-order chi connectivity index (χ0) is 19.1. The third-order valence-corrected chi connectivity index (χ3v) is 5.37. The van der Waals surface area contributed by atoms with Crippen LogP contribution in [0.25, 0.3) is 0 Å². The molecule has 0 saturated heterocycles. The Hall–Kier alpha value is -1.27. The van der Waals surface area contributed by atoms with Crippen LogP contribution in [-0.4, -0.2) is 17.8 Å². The number of phenols is 1. The molecule has 26 heavy (non-hydrogen) atoms. The first kappa shape index (κ1) is 21.0. The van der Waals surface area contributed by atoms with Gasteiger partial charge in [-0.1, -0.05) is 37.6 Å². The molecule has 0 amide bonds. The van der Waals surface area contributed by atoms with Crippen molar-refractivity contribution in [1.82, 2.24) is 5.32 Å². The predicted octanol–water partition coefficient (Wildman–Crippen LogP) is 5.51. The van der Waals surface area contributed by atoms with E-state index in [1.165, 1.54) is 16.7 Å². The molecule has 1 atom stereocenters. The van der Waals surface area contributed by atoms with Crippen molar-refractivity contribution in [2.45, 2.75) is 59.5 Å². The molecule has 0 radical (unpaired) electrons. The van der Waals surface area contributed by atoms with Gasteiger partial charge in [-0.05, 0) is 84.5 Å². The van der Waals surface area contributed by atoms with E-state index in [0.29, 0.717) is 12.4 Å². The van der Waals surface area contributed by atoms with Gasteiger partial charge in [0.05, 0.1) is 3.57 Å². The van der Waals surface area contributed by atoms with Crippen molar-refractivity contribution in [3.8, 4) is 11.5 Å². The first-order valence-electron chi connectivity index (χ1n) is 9.35. The normalized spacial score (nSPS) is 12.2. The minimum absolute atomic E-state index is 0.236. The maximum atomic E-state index is 10.2. The van der Waals surface area contributed by atoms with Crippen molar-refractivity contribution in [3.05, 3.63) is 56.2 Å². The SMILES string of the molecule is CCCCc1cc(CNC(C)COc2c(C)cccc2C)cc(I)c1O. The van der Waals surface area contributed by atoms with Crippen LogP contribution in [0.3, 0.4) is 0 Å². The smallest absolute Gasteiger partial charge is 0.132 e. The van der Waals surface area contributed by atoms with Crippen molar-refractivity contribution < 1.29 is 9.84 Å². The summed E-state index contributed by atoms with van der Waals surface area (Å²) in [5.41, 5.74) is 4.60. The molecule has 0 bridgehead atoms. The van der Waals surface area contributed by atoms with Crippen LogP contribution in [0.4, 0.5) is 0 Å². The van der Waals surface area contributed by atoms with Crippen LogP contribution in [0.15, 0.2) is 30.3 Å². The summed E-state index contributed by atoms with van der Waals surface area (Å²) in [5.74, 6) is 1.43. The summed E-state index contributed by atoms with van der Waals surface area (Å²) in [6, 6.07) is 10.6. The van der Waals surface area contributed by atoms with Crippen LogP contribution in [0, 0.1) is 17.4 Å². The molecule has 0 aromatic heterocycles. The molecule has 2 N–H and O–H groups in total. The molecule has 0 aliphatic rings. The highest BCUT2D eigenvalue weighted by molar-refractivity contribution is 14.1. The second kappa shape index (κ2) is 10.2. The Morgan fingerprint density at radius 1 is 1.19 bits per heavy atom. The van der Waals surface area contributed by atoms with Gasteiger partial charge < -0.3 is 15.2 Å². The third kappa shape index (κ3) is 5.88. The quantitative estimate of drug-likeness (QED) is 0.478. The van der Waals surface area contributed by atoms with Gasteiger partial charge in [0.15, 0.2) is 0 Å². The molecule has 2 rings (SSSR count). The number of benzene rings is 2. The first-order valence-corrected chi connectivity index (χ1v) is 10.4. The van der Waals surface area contributed by atoms with Crippen LogP contribution in [-0.2, 0) is 13.0 Å². The van der Waals surface area contributed by atoms with Gasteiger partial charge in [0.2, 0.25) is 0 Å². The Kier molecular flexibility index (Phi) is 8.22. The lowest BCUT2D eigenvalue weighted by atomic mass is 10.0. The second-order valence-electron chi connectivity index (χ2n) is 7.00. The number of aromatic hydroxyl groups is 1. The zero-order valence-electron chi connectivity index (χ0n) is 16.2. The van der Waals surface area contributed by atoms with Gasteiger partial charge in [-0.3, -0.25) is 0 Å². The Balaban J connectivity index is 1.92. The minimum atomic E-state index is 0.236. The van der Waals surface area contributed by atoms with E-state index in [4.69, 9.17) is 4.74 Å². The van der Waals surface area contributed by atoms with E-state index in [1.807, 2.05) is 0 Å². The molecule has 0 spiro atoms. The fourth-order valence-electron chi connectivity index (χ4n) is 2.96.